The highest BCUT2D eigenvalue weighted by atomic mass is 16.3. The Bertz CT molecular complexity index is 624. The molecule has 0 radical (unpaired) electrons. The van der Waals surface area contributed by atoms with Gasteiger partial charge in [-0.05, 0) is 25.0 Å². The number of rotatable bonds is 1. The van der Waals surface area contributed by atoms with Gasteiger partial charge in [-0.2, -0.15) is 0 Å². The maximum atomic E-state index is 10.6. The van der Waals surface area contributed by atoms with Crippen LogP contribution in [-0.2, 0) is 0 Å². The first-order chi connectivity index (χ1) is 10.1. The van der Waals surface area contributed by atoms with E-state index in [1.807, 2.05) is 31.1 Å². The predicted molar refractivity (Wildman–Crippen MR) is 84.1 cm³/mol. The first-order valence-corrected chi connectivity index (χ1v) is 7.44. The Morgan fingerprint density at radius 1 is 1.14 bits per heavy atom. The second-order valence-corrected chi connectivity index (χ2v) is 6.08. The SMILES string of the molecule is CN1c2ccccc2N(C)C1C1=C(O)C2CCCN2C1=N. The molecule has 0 amide bonds. The predicted octanol–water partition coefficient (Wildman–Crippen LogP) is 2.17. The molecular formula is C16H20N4O. The van der Waals surface area contributed by atoms with Gasteiger partial charge >= 0.3 is 0 Å². The lowest BCUT2D eigenvalue weighted by atomic mass is 10.1. The molecule has 1 aromatic rings. The second kappa shape index (κ2) is 4.16. The highest BCUT2D eigenvalue weighted by molar-refractivity contribution is 6.03. The minimum absolute atomic E-state index is 0.0259. The number of aliphatic hydroxyl groups excluding tert-OH is 1. The van der Waals surface area contributed by atoms with Crippen molar-refractivity contribution in [1.82, 2.24) is 4.90 Å². The molecule has 3 heterocycles. The summed E-state index contributed by atoms with van der Waals surface area (Å²) < 4.78 is 0. The Morgan fingerprint density at radius 3 is 2.33 bits per heavy atom. The van der Waals surface area contributed by atoms with Gasteiger partial charge < -0.3 is 19.8 Å². The van der Waals surface area contributed by atoms with Gasteiger partial charge in [0.05, 0.1) is 23.0 Å². The highest BCUT2D eigenvalue weighted by Crippen LogP contribution is 2.43. The molecule has 1 atom stereocenters. The smallest absolute Gasteiger partial charge is 0.135 e. The van der Waals surface area contributed by atoms with Crippen molar-refractivity contribution in [3.05, 3.63) is 35.6 Å². The molecule has 0 saturated carbocycles. The second-order valence-electron chi connectivity index (χ2n) is 6.08. The molecule has 0 bridgehead atoms. The van der Waals surface area contributed by atoms with E-state index in [0.717, 1.165) is 36.3 Å². The van der Waals surface area contributed by atoms with E-state index < -0.39 is 0 Å². The maximum Gasteiger partial charge on any atom is 0.135 e. The molecule has 0 aliphatic carbocycles. The van der Waals surface area contributed by atoms with E-state index in [1.54, 1.807) is 0 Å². The number of likely N-dealkylation sites (N-methyl/N-ethyl adjacent to an activating group) is 2. The average molecular weight is 284 g/mol. The van der Waals surface area contributed by atoms with Gasteiger partial charge in [0.15, 0.2) is 0 Å². The van der Waals surface area contributed by atoms with Crippen molar-refractivity contribution in [1.29, 1.82) is 5.41 Å². The van der Waals surface area contributed by atoms with E-state index in [4.69, 9.17) is 5.41 Å². The van der Waals surface area contributed by atoms with Crippen molar-refractivity contribution in [2.24, 2.45) is 0 Å². The molecule has 1 aromatic carbocycles. The molecule has 0 aromatic heterocycles. The molecule has 21 heavy (non-hydrogen) atoms. The molecular weight excluding hydrogens is 264 g/mol. The fraction of sp³-hybridized carbons (Fsp3) is 0.438. The maximum absolute atomic E-state index is 10.6. The number of aliphatic hydroxyl groups is 1. The molecule has 0 spiro atoms. The van der Waals surface area contributed by atoms with Crippen molar-refractivity contribution in [2.45, 2.75) is 25.0 Å². The lowest BCUT2D eigenvalue weighted by molar-refractivity contribution is 0.310. The average Bonchev–Trinajstić information content (AvgIpc) is 3.12. The summed E-state index contributed by atoms with van der Waals surface area (Å²) in [4.78, 5) is 6.34. The monoisotopic (exact) mass is 284 g/mol. The Kier molecular flexibility index (Phi) is 2.49. The van der Waals surface area contributed by atoms with E-state index in [2.05, 4.69) is 21.9 Å². The first kappa shape index (κ1) is 12.6. The van der Waals surface area contributed by atoms with E-state index >= 15 is 0 Å². The molecule has 3 aliphatic rings. The fourth-order valence-electron chi connectivity index (χ4n) is 4.00. The van der Waals surface area contributed by atoms with E-state index in [0.29, 0.717) is 11.6 Å². The van der Waals surface area contributed by atoms with Crippen LogP contribution in [0.1, 0.15) is 12.8 Å². The highest BCUT2D eigenvalue weighted by Gasteiger charge is 2.46. The van der Waals surface area contributed by atoms with Crippen LogP contribution in [0.3, 0.4) is 0 Å². The van der Waals surface area contributed by atoms with Crippen molar-refractivity contribution < 1.29 is 5.11 Å². The summed E-state index contributed by atoms with van der Waals surface area (Å²) in [6.07, 6.45) is 1.91. The van der Waals surface area contributed by atoms with Crippen LogP contribution in [0, 0.1) is 5.41 Å². The van der Waals surface area contributed by atoms with E-state index in [1.165, 1.54) is 0 Å². The molecule has 4 rings (SSSR count). The number of fused-ring (bicyclic) bond motifs is 2. The van der Waals surface area contributed by atoms with Crippen LogP contribution in [-0.4, -0.2) is 48.7 Å². The fourth-order valence-corrected chi connectivity index (χ4v) is 4.00. The lowest BCUT2D eigenvalue weighted by Crippen LogP contribution is -2.44. The van der Waals surface area contributed by atoms with E-state index in [-0.39, 0.29) is 12.2 Å². The van der Waals surface area contributed by atoms with Crippen molar-refractivity contribution in [2.75, 3.05) is 30.4 Å². The quantitative estimate of drug-likeness (QED) is 0.830. The molecule has 1 unspecified atom stereocenters. The van der Waals surface area contributed by atoms with Gasteiger partial charge in [0.25, 0.3) is 0 Å². The van der Waals surface area contributed by atoms with Gasteiger partial charge in [-0.15, -0.1) is 0 Å². The Balaban J connectivity index is 1.78. The van der Waals surface area contributed by atoms with Gasteiger partial charge in [-0.3, -0.25) is 5.41 Å². The zero-order valence-corrected chi connectivity index (χ0v) is 12.4. The summed E-state index contributed by atoms with van der Waals surface area (Å²) in [5.41, 5.74) is 3.05. The van der Waals surface area contributed by atoms with Gasteiger partial charge in [-0.25, -0.2) is 0 Å². The largest absolute Gasteiger partial charge is 0.510 e. The summed E-state index contributed by atoms with van der Waals surface area (Å²) in [5.74, 6) is 0.889. The summed E-state index contributed by atoms with van der Waals surface area (Å²) in [7, 11) is 4.06. The lowest BCUT2D eigenvalue weighted by Gasteiger charge is -2.29. The van der Waals surface area contributed by atoms with Crippen molar-refractivity contribution in [3.8, 4) is 0 Å². The molecule has 1 saturated heterocycles. The third-order valence-corrected chi connectivity index (χ3v) is 5.02. The summed E-state index contributed by atoms with van der Waals surface area (Å²) in [6, 6.07) is 8.25. The number of nitrogens with zero attached hydrogens (tertiary/aromatic N) is 3. The van der Waals surface area contributed by atoms with Gasteiger partial charge in [-0.1, -0.05) is 12.1 Å². The summed E-state index contributed by atoms with van der Waals surface area (Å²) >= 11 is 0. The van der Waals surface area contributed by atoms with Crippen molar-refractivity contribution in [3.63, 3.8) is 0 Å². The number of anilines is 2. The normalized spacial score (nSPS) is 25.1. The molecule has 3 aliphatic heterocycles. The zero-order chi connectivity index (χ0) is 14.7. The van der Waals surface area contributed by atoms with Crippen LogP contribution in [0.15, 0.2) is 35.6 Å². The molecule has 5 nitrogen and oxygen atoms in total. The van der Waals surface area contributed by atoms with Crippen LogP contribution in [0.4, 0.5) is 11.4 Å². The molecule has 1 fully saturated rings. The van der Waals surface area contributed by atoms with Gasteiger partial charge in [0.2, 0.25) is 0 Å². The number of amidine groups is 1. The van der Waals surface area contributed by atoms with Gasteiger partial charge in [0.1, 0.15) is 17.8 Å². The topological polar surface area (TPSA) is 53.8 Å². The van der Waals surface area contributed by atoms with Crippen LogP contribution in [0.5, 0.6) is 0 Å². The number of nitrogens with one attached hydrogen (secondary N) is 1. The number of benzene rings is 1. The standard InChI is InChI=1S/C16H20N4O/c1-18-10-6-3-4-7-11(10)19(2)16(18)13-14(21)12-8-5-9-20(12)15(13)17/h3-4,6-7,12,16-17,21H,5,8-9H2,1-2H3. The molecule has 110 valence electrons. The van der Waals surface area contributed by atoms with Crippen LogP contribution >= 0.6 is 0 Å². The number of hydrogen-bond donors (Lipinski definition) is 2. The third kappa shape index (κ3) is 1.49. The number of hydrogen-bond acceptors (Lipinski definition) is 4. The van der Waals surface area contributed by atoms with Crippen LogP contribution < -0.4 is 9.80 Å². The number of para-hydroxylation sites is 2. The Morgan fingerprint density at radius 2 is 1.76 bits per heavy atom. The van der Waals surface area contributed by atoms with Crippen LogP contribution in [0.25, 0.3) is 0 Å². The zero-order valence-electron chi connectivity index (χ0n) is 12.4. The van der Waals surface area contributed by atoms with Gasteiger partial charge in [0, 0.05) is 20.6 Å². The molecule has 5 heteroatoms. The van der Waals surface area contributed by atoms with E-state index in [9.17, 15) is 5.11 Å². The summed E-state index contributed by atoms with van der Waals surface area (Å²) in [6.45, 7) is 0.879. The van der Waals surface area contributed by atoms with Crippen molar-refractivity contribution >= 4 is 17.2 Å². The first-order valence-electron chi connectivity index (χ1n) is 7.44. The summed E-state index contributed by atoms with van der Waals surface area (Å²) in [5, 5.41) is 19.1. The minimum Gasteiger partial charge on any atom is -0.510 e. The molecule has 2 N–H and O–H groups in total. The third-order valence-electron chi connectivity index (χ3n) is 5.02. The Hall–Kier alpha value is -2.17. The Labute approximate surface area is 124 Å². The minimum atomic E-state index is -0.0968. The van der Waals surface area contributed by atoms with Crippen LogP contribution in [0.2, 0.25) is 0 Å².